The summed E-state index contributed by atoms with van der Waals surface area (Å²) in [5.41, 5.74) is 2.10. The van der Waals surface area contributed by atoms with Crippen LogP contribution in [0.2, 0.25) is 0 Å². The lowest BCUT2D eigenvalue weighted by atomic mass is 9.47. The number of hydrogen-bond acceptors (Lipinski definition) is 3. The van der Waals surface area contributed by atoms with Crippen LogP contribution in [0.15, 0.2) is 11.6 Å². The molecule has 0 bridgehead atoms. The molecule has 1 saturated heterocycles. The Kier molecular flexibility index (Phi) is 3.35. The molecule has 25 heavy (non-hydrogen) atoms. The lowest BCUT2D eigenvalue weighted by molar-refractivity contribution is -0.145. The Balaban J connectivity index is 1.49. The first-order valence-corrected chi connectivity index (χ1v) is 10.4. The van der Waals surface area contributed by atoms with Crippen molar-refractivity contribution < 1.29 is 14.6 Å². The molecule has 0 spiro atoms. The van der Waals surface area contributed by atoms with E-state index in [1.807, 2.05) is 0 Å². The normalized spacial score (nSPS) is 57.0. The summed E-state index contributed by atoms with van der Waals surface area (Å²) in [4.78, 5) is 12.1. The molecule has 5 aliphatic rings. The monoisotopic (exact) mass is 344 g/mol. The highest BCUT2D eigenvalue weighted by Gasteiger charge is 2.65. The number of aliphatic hydroxyl groups excluding tert-OH is 1. The number of esters is 1. The van der Waals surface area contributed by atoms with Gasteiger partial charge in [-0.2, -0.15) is 0 Å². The van der Waals surface area contributed by atoms with E-state index in [2.05, 4.69) is 26.8 Å². The number of rotatable bonds is 0. The molecule has 0 radical (unpaired) electrons. The first-order chi connectivity index (χ1) is 11.8. The van der Waals surface area contributed by atoms with Crippen molar-refractivity contribution in [2.24, 2.45) is 40.4 Å². The summed E-state index contributed by atoms with van der Waals surface area (Å²) >= 11 is 0. The SMILES string of the molecule is C[C@@H]1C(=O)O[C@H]2C[C@H]3[C@@H]4CC=C5C[C@@H](O)CC[C@]5(C)[C@H]4CC[C@]3(C)[C@H]21. The standard InChI is InChI=1S/C22H32O3/c1-12-19-18(25-20(12)24)11-17-15-5-4-13-10-14(23)6-8-21(13,2)16(15)7-9-22(17,19)3/h4,12,14-19,23H,5-11H2,1-3H3/t12-,14-,15+,16-,17-,18-,19-,21-,22-/m0/s1. The molecule has 0 unspecified atom stereocenters. The van der Waals surface area contributed by atoms with Gasteiger partial charge in [0.05, 0.1) is 12.0 Å². The molecule has 1 aliphatic heterocycles. The van der Waals surface area contributed by atoms with Gasteiger partial charge in [0.1, 0.15) is 6.10 Å². The van der Waals surface area contributed by atoms with E-state index in [4.69, 9.17) is 4.74 Å². The van der Waals surface area contributed by atoms with Gasteiger partial charge in [-0.1, -0.05) is 32.4 Å². The van der Waals surface area contributed by atoms with Gasteiger partial charge in [-0.25, -0.2) is 0 Å². The quantitative estimate of drug-likeness (QED) is 0.532. The maximum atomic E-state index is 12.1. The third kappa shape index (κ3) is 1.99. The molecule has 0 aromatic carbocycles. The van der Waals surface area contributed by atoms with E-state index >= 15 is 0 Å². The zero-order valence-corrected chi connectivity index (χ0v) is 15.8. The Morgan fingerprint density at radius 3 is 2.80 bits per heavy atom. The molecule has 1 heterocycles. The van der Waals surface area contributed by atoms with E-state index in [-0.39, 0.29) is 29.5 Å². The van der Waals surface area contributed by atoms with E-state index < -0.39 is 0 Å². The third-order valence-electron chi connectivity index (χ3n) is 9.34. The van der Waals surface area contributed by atoms with E-state index in [1.54, 1.807) is 0 Å². The molecule has 0 aromatic heterocycles. The second-order valence-corrected chi connectivity index (χ2v) is 10.2. The Bertz CT molecular complexity index is 639. The second-order valence-electron chi connectivity index (χ2n) is 10.2. The zero-order chi connectivity index (χ0) is 17.6. The van der Waals surface area contributed by atoms with Crippen molar-refractivity contribution in [2.75, 3.05) is 0 Å². The van der Waals surface area contributed by atoms with E-state index in [0.717, 1.165) is 37.5 Å². The lowest BCUT2D eigenvalue weighted by Gasteiger charge is -2.58. The minimum Gasteiger partial charge on any atom is -0.462 e. The first kappa shape index (κ1) is 16.4. The van der Waals surface area contributed by atoms with E-state index in [0.29, 0.717) is 17.3 Å². The smallest absolute Gasteiger partial charge is 0.309 e. The number of ether oxygens (including phenoxy) is 1. The van der Waals surface area contributed by atoms with Gasteiger partial charge in [0, 0.05) is 5.92 Å². The molecular weight excluding hydrogens is 312 g/mol. The predicted molar refractivity (Wildman–Crippen MR) is 95.6 cm³/mol. The highest BCUT2D eigenvalue weighted by molar-refractivity contribution is 5.75. The Morgan fingerprint density at radius 2 is 2.00 bits per heavy atom. The molecule has 3 heteroatoms. The first-order valence-electron chi connectivity index (χ1n) is 10.4. The lowest BCUT2D eigenvalue weighted by Crippen LogP contribution is -2.51. The summed E-state index contributed by atoms with van der Waals surface area (Å²) in [5, 5.41) is 10.1. The molecule has 3 saturated carbocycles. The molecular formula is C22H32O3. The highest BCUT2D eigenvalue weighted by Crippen LogP contribution is 2.68. The van der Waals surface area contributed by atoms with Crippen LogP contribution in [0, 0.1) is 40.4 Å². The molecule has 0 amide bonds. The summed E-state index contributed by atoms with van der Waals surface area (Å²) in [5.74, 6) is 2.72. The molecule has 138 valence electrons. The van der Waals surface area contributed by atoms with Crippen molar-refractivity contribution in [3.05, 3.63) is 11.6 Å². The summed E-state index contributed by atoms with van der Waals surface area (Å²) in [6.07, 6.45) is 10.3. The van der Waals surface area contributed by atoms with Gasteiger partial charge in [0.15, 0.2) is 0 Å². The van der Waals surface area contributed by atoms with Gasteiger partial charge >= 0.3 is 5.97 Å². The Hall–Kier alpha value is -0.830. The fourth-order valence-corrected chi connectivity index (χ4v) is 8.09. The van der Waals surface area contributed by atoms with Crippen molar-refractivity contribution in [3.8, 4) is 0 Å². The molecule has 1 N–H and O–H groups in total. The Morgan fingerprint density at radius 1 is 1.20 bits per heavy atom. The van der Waals surface area contributed by atoms with Gasteiger partial charge < -0.3 is 9.84 Å². The molecule has 0 aromatic rings. The van der Waals surface area contributed by atoms with Crippen molar-refractivity contribution in [1.82, 2.24) is 0 Å². The topological polar surface area (TPSA) is 46.5 Å². The molecule has 4 fully saturated rings. The van der Waals surface area contributed by atoms with E-state index in [9.17, 15) is 9.90 Å². The van der Waals surface area contributed by atoms with Gasteiger partial charge in [-0.3, -0.25) is 4.79 Å². The van der Waals surface area contributed by atoms with Crippen LogP contribution in [0.25, 0.3) is 0 Å². The van der Waals surface area contributed by atoms with Crippen LogP contribution in [0.4, 0.5) is 0 Å². The van der Waals surface area contributed by atoms with Crippen molar-refractivity contribution in [2.45, 2.75) is 77.9 Å². The fourth-order valence-electron chi connectivity index (χ4n) is 8.09. The van der Waals surface area contributed by atoms with Gasteiger partial charge in [0.25, 0.3) is 0 Å². The number of allylic oxidation sites excluding steroid dienone is 1. The number of carbonyl (C=O) groups excluding carboxylic acids is 1. The van der Waals surface area contributed by atoms with Crippen LogP contribution in [0.5, 0.6) is 0 Å². The summed E-state index contributed by atoms with van der Waals surface area (Å²) in [6.45, 7) is 7.03. The maximum absolute atomic E-state index is 12.1. The number of carbonyl (C=O) groups is 1. The minimum absolute atomic E-state index is 0.0378. The fraction of sp³-hybridized carbons (Fsp3) is 0.864. The van der Waals surface area contributed by atoms with Crippen LogP contribution >= 0.6 is 0 Å². The van der Waals surface area contributed by atoms with Crippen LogP contribution in [-0.4, -0.2) is 23.3 Å². The number of fused-ring (bicyclic) bond motifs is 7. The van der Waals surface area contributed by atoms with Crippen LogP contribution in [0.3, 0.4) is 0 Å². The number of aliphatic hydroxyl groups is 1. The largest absolute Gasteiger partial charge is 0.462 e. The van der Waals surface area contributed by atoms with E-state index in [1.165, 1.54) is 24.8 Å². The summed E-state index contributed by atoms with van der Waals surface area (Å²) < 4.78 is 5.79. The number of hydrogen-bond donors (Lipinski definition) is 1. The second kappa shape index (κ2) is 5.12. The summed E-state index contributed by atoms with van der Waals surface area (Å²) in [6, 6.07) is 0. The molecule has 5 rings (SSSR count). The van der Waals surface area contributed by atoms with Gasteiger partial charge in [-0.15, -0.1) is 0 Å². The average molecular weight is 344 g/mol. The Labute approximate surface area is 151 Å². The predicted octanol–water partition coefficient (Wildman–Crippen LogP) is 4.10. The van der Waals surface area contributed by atoms with Gasteiger partial charge in [-0.05, 0) is 73.5 Å². The van der Waals surface area contributed by atoms with Crippen molar-refractivity contribution >= 4 is 5.97 Å². The molecule has 4 aliphatic carbocycles. The van der Waals surface area contributed by atoms with Crippen molar-refractivity contribution in [3.63, 3.8) is 0 Å². The highest BCUT2D eigenvalue weighted by atomic mass is 16.6. The summed E-state index contributed by atoms with van der Waals surface area (Å²) in [7, 11) is 0. The maximum Gasteiger partial charge on any atom is 0.309 e. The minimum atomic E-state index is -0.129. The average Bonchev–Trinajstić information content (AvgIpc) is 3.02. The van der Waals surface area contributed by atoms with Crippen molar-refractivity contribution in [1.29, 1.82) is 0 Å². The zero-order valence-electron chi connectivity index (χ0n) is 15.8. The molecule has 9 atom stereocenters. The molecule has 3 nitrogen and oxygen atoms in total. The van der Waals surface area contributed by atoms with Crippen LogP contribution in [0.1, 0.15) is 65.7 Å². The van der Waals surface area contributed by atoms with Crippen LogP contribution < -0.4 is 0 Å². The van der Waals surface area contributed by atoms with Gasteiger partial charge in [0.2, 0.25) is 0 Å². The van der Waals surface area contributed by atoms with Crippen LogP contribution in [-0.2, 0) is 9.53 Å². The third-order valence-corrected chi connectivity index (χ3v) is 9.34.